The first-order valence-electron chi connectivity index (χ1n) is 18.7. The fourth-order valence-electron chi connectivity index (χ4n) is 7.66. The molecule has 0 amide bonds. The minimum Gasteiger partial charge on any atom is -0.356 e. The summed E-state index contributed by atoms with van der Waals surface area (Å²) < 4.78 is 0. The van der Waals surface area contributed by atoms with Crippen molar-refractivity contribution in [2.75, 3.05) is 10.2 Å². The van der Waals surface area contributed by atoms with Gasteiger partial charge in [-0.3, -0.25) is 0 Å². The molecule has 1 N–H and O–H groups in total. The van der Waals surface area contributed by atoms with Gasteiger partial charge in [0.2, 0.25) is 0 Å². The summed E-state index contributed by atoms with van der Waals surface area (Å²) in [5.41, 5.74) is 15.3. The van der Waals surface area contributed by atoms with Crippen molar-refractivity contribution >= 4 is 51.0 Å². The Bertz CT molecular complexity index is 2750. The lowest BCUT2D eigenvalue weighted by Gasteiger charge is -2.28. The van der Waals surface area contributed by atoms with E-state index in [2.05, 4.69) is 216 Å². The fraction of sp³-hybridized carbons (Fsp3) is 0. The summed E-state index contributed by atoms with van der Waals surface area (Å²) in [6.07, 6.45) is 0. The van der Waals surface area contributed by atoms with E-state index >= 15 is 0 Å². The Morgan fingerprint density at radius 3 is 1.31 bits per heavy atom. The molecule has 0 aromatic heterocycles. The number of nitrogens with zero attached hydrogens (tertiary/aromatic N) is 1. The first-order chi connectivity index (χ1) is 27.2. The number of anilines is 5. The molecule has 2 nitrogen and oxygen atoms in total. The zero-order valence-electron chi connectivity index (χ0n) is 30.1. The number of fused-ring (bicyclic) bond motifs is 2. The molecule has 0 radical (unpaired) electrons. The van der Waals surface area contributed by atoms with Crippen LogP contribution in [0.5, 0.6) is 0 Å². The molecule has 0 spiro atoms. The molecule has 0 fully saturated rings. The number of hydrogen-bond acceptors (Lipinski definition) is 3. The van der Waals surface area contributed by atoms with Crippen LogP contribution < -0.4 is 10.2 Å². The molecule has 0 bridgehead atoms. The van der Waals surface area contributed by atoms with Gasteiger partial charge in [0.1, 0.15) is 0 Å². The van der Waals surface area contributed by atoms with Crippen LogP contribution >= 0.6 is 11.8 Å². The molecule has 260 valence electrons. The van der Waals surface area contributed by atoms with Crippen LogP contribution in [0.2, 0.25) is 0 Å². The van der Waals surface area contributed by atoms with Gasteiger partial charge in [-0.15, -0.1) is 0 Å². The van der Waals surface area contributed by atoms with Crippen LogP contribution in [0.1, 0.15) is 0 Å². The largest absolute Gasteiger partial charge is 0.356 e. The Morgan fingerprint density at radius 2 is 0.782 bits per heavy atom. The monoisotopic (exact) mass is 720 g/mol. The Morgan fingerprint density at radius 1 is 0.327 bits per heavy atom. The molecule has 0 saturated carbocycles. The van der Waals surface area contributed by atoms with Crippen molar-refractivity contribution in [1.82, 2.24) is 0 Å². The molecule has 9 aromatic carbocycles. The van der Waals surface area contributed by atoms with Crippen molar-refractivity contribution in [1.29, 1.82) is 0 Å². The maximum absolute atomic E-state index is 3.56. The van der Waals surface area contributed by atoms with Crippen molar-refractivity contribution in [2.45, 2.75) is 9.79 Å². The number of rotatable bonds is 8. The van der Waals surface area contributed by atoms with Crippen molar-refractivity contribution in [3.05, 3.63) is 212 Å². The molecule has 9 aromatic rings. The normalized spacial score (nSPS) is 11.6. The lowest BCUT2D eigenvalue weighted by atomic mass is 9.97. The smallest absolute Gasteiger partial charge is 0.0473 e. The zero-order valence-corrected chi connectivity index (χ0v) is 30.9. The fourth-order valence-corrected chi connectivity index (χ4v) is 8.85. The second-order valence-electron chi connectivity index (χ2n) is 13.9. The quantitative estimate of drug-likeness (QED) is 0.168. The van der Waals surface area contributed by atoms with Crippen LogP contribution in [0.4, 0.5) is 28.4 Å². The predicted octanol–water partition coefficient (Wildman–Crippen LogP) is 15.2. The van der Waals surface area contributed by atoms with Crippen LogP contribution in [0.3, 0.4) is 0 Å². The standard InChI is InChI=1S/C52H36N2S/c1-3-9-36(10-4-1)38-17-25-43(26-18-38)53-44-27-19-39(20-28-44)41-23-31-46(32-24-41)54(45-29-21-40(22-30-45)37-11-5-2-6-12-37)47-33-34-48-49-15-7-13-42-14-8-16-50(52(42)49)55-51(48)35-47/h1-35,53H. The van der Waals surface area contributed by atoms with E-state index in [1.54, 1.807) is 0 Å². The third kappa shape index (κ3) is 6.45. The molecular formula is C52H36N2S. The number of nitrogens with one attached hydrogen (secondary N) is 1. The summed E-state index contributed by atoms with van der Waals surface area (Å²) in [4.78, 5) is 4.95. The minimum absolute atomic E-state index is 1.06. The summed E-state index contributed by atoms with van der Waals surface area (Å²) in [5.74, 6) is 0. The van der Waals surface area contributed by atoms with Crippen LogP contribution in [-0.4, -0.2) is 0 Å². The van der Waals surface area contributed by atoms with E-state index in [0.717, 1.165) is 28.4 Å². The molecular weight excluding hydrogens is 685 g/mol. The van der Waals surface area contributed by atoms with Crippen molar-refractivity contribution in [2.24, 2.45) is 0 Å². The van der Waals surface area contributed by atoms with E-state index in [0.29, 0.717) is 0 Å². The maximum atomic E-state index is 3.56. The Hall–Kier alpha value is -6.81. The molecule has 3 heteroatoms. The van der Waals surface area contributed by atoms with Gasteiger partial charge in [0.15, 0.2) is 0 Å². The maximum Gasteiger partial charge on any atom is 0.0473 e. The average Bonchev–Trinajstić information content (AvgIpc) is 3.26. The van der Waals surface area contributed by atoms with Gasteiger partial charge < -0.3 is 10.2 Å². The van der Waals surface area contributed by atoms with Gasteiger partial charge in [-0.05, 0) is 117 Å². The highest BCUT2D eigenvalue weighted by Gasteiger charge is 2.21. The van der Waals surface area contributed by atoms with Gasteiger partial charge in [-0.25, -0.2) is 0 Å². The Kier molecular flexibility index (Phi) is 8.47. The SMILES string of the molecule is c1ccc(-c2ccc(Nc3ccc(-c4ccc(N(c5ccc(-c6ccccc6)cc5)c5ccc6c(c5)Sc5cccc7cccc-6c57)cc4)cc3)cc2)cc1. The molecule has 55 heavy (non-hydrogen) atoms. The van der Waals surface area contributed by atoms with Crippen LogP contribution in [-0.2, 0) is 0 Å². The lowest BCUT2D eigenvalue weighted by molar-refractivity contribution is 1.26. The highest BCUT2D eigenvalue weighted by Crippen LogP contribution is 2.50. The topological polar surface area (TPSA) is 15.3 Å². The van der Waals surface area contributed by atoms with Crippen LogP contribution in [0.15, 0.2) is 222 Å². The minimum atomic E-state index is 1.06. The van der Waals surface area contributed by atoms with Gasteiger partial charge in [-0.2, -0.15) is 0 Å². The highest BCUT2D eigenvalue weighted by atomic mass is 32.2. The number of benzene rings is 9. The molecule has 0 atom stereocenters. The van der Waals surface area contributed by atoms with Gasteiger partial charge in [0.25, 0.3) is 0 Å². The average molecular weight is 721 g/mol. The van der Waals surface area contributed by atoms with E-state index in [9.17, 15) is 0 Å². The Labute approximate surface area is 326 Å². The molecule has 1 heterocycles. The van der Waals surface area contributed by atoms with Crippen LogP contribution in [0.25, 0.3) is 55.3 Å². The number of hydrogen-bond donors (Lipinski definition) is 1. The van der Waals surface area contributed by atoms with Gasteiger partial charge in [-0.1, -0.05) is 157 Å². The van der Waals surface area contributed by atoms with Crippen molar-refractivity contribution in [3.8, 4) is 44.5 Å². The summed E-state index contributed by atoms with van der Waals surface area (Å²) in [5, 5.41) is 6.20. The first-order valence-corrected chi connectivity index (χ1v) is 19.5. The summed E-state index contributed by atoms with van der Waals surface area (Å²) >= 11 is 1.87. The summed E-state index contributed by atoms with van der Waals surface area (Å²) in [6, 6.07) is 76.4. The molecule has 1 aliphatic heterocycles. The second kappa shape index (κ2) is 14.2. The molecule has 0 aliphatic carbocycles. The van der Waals surface area contributed by atoms with E-state index in [-0.39, 0.29) is 0 Å². The first kappa shape index (κ1) is 32.8. The van der Waals surface area contributed by atoms with E-state index in [1.165, 1.54) is 65.1 Å². The van der Waals surface area contributed by atoms with Gasteiger partial charge >= 0.3 is 0 Å². The third-order valence-electron chi connectivity index (χ3n) is 10.5. The van der Waals surface area contributed by atoms with Crippen molar-refractivity contribution < 1.29 is 0 Å². The second-order valence-corrected chi connectivity index (χ2v) is 15.0. The van der Waals surface area contributed by atoms with E-state index in [1.807, 2.05) is 17.8 Å². The lowest BCUT2D eigenvalue weighted by Crippen LogP contribution is -2.10. The Balaban J connectivity index is 0.949. The van der Waals surface area contributed by atoms with Gasteiger partial charge in [0.05, 0.1) is 0 Å². The highest BCUT2D eigenvalue weighted by molar-refractivity contribution is 7.99. The zero-order chi connectivity index (χ0) is 36.6. The van der Waals surface area contributed by atoms with E-state index in [4.69, 9.17) is 0 Å². The molecule has 0 unspecified atom stereocenters. The molecule has 0 saturated heterocycles. The molecule has 10 rings (SSSR count). The summed E-state index contributed by atoms with van der Waals surface area (Å²) in [7, 11) is 0. The van der Waals surface area contributed by atoms with Gasteiger partial charge in [0, 0.05) is 43.6 Å². The summed E-state index contributed by atoms with van der Waals surface area (Å²) in [6.45, 7) is 0. The van der Waals surface area contributed by atoms with E-state index < -0.39 is 0 Å². The molecule has 1 aliphatic rings. The predicted molar refractivity (Wildman–Crippen MR) is 234 cm³/mol. The third-order valence-corrected chi connectivity index (χ3v) is 11.6. The van der Waals surface area contributed by atoms with Crippen LogP contribution in [0, 0.1) is 0 Å². The van der Waals surface area contributed by atoms with Crippen molar-refractivity contribution in [3.63, 3.8) is 0 Å².